The lowest BCUT2D eigenvalue weighted by molar-refractivity contribution is -0.166. The Morgan fingerprint density at radius 1 is 1.19 bits per heavy atom. The summed E-state index contributed by atoms with van der Waals surface area (Å²) in [5.41, 5.74) is 1.92. The zero-order valence-corrected chi connectivity index (χ0v) is 19.1. The van der Waals surface area contributed by atoms with Crippen molar-refractivity contribution in [2.75, 3.05) is 13.2 Å². The number of rotatable bonds is 10. The third-order valence-corrected chi connectivity index (χ3v) is 6.44. The van der Waals surface area contributed by atoms with Crippen molar-refractivity contribution in [2.24, 2.45) is 11.8 Å². The topological polar surface area (TPSA) is 81.8 Å². The lowest BCUT2D eigenvalue weighted by Gasteiger charge is -2.32. The van der Waals surface area contributed by atoms with Gasteiger partial charge in [-0.3, -0.25) is 0 Å². The van der Waals surface area contributed by atoms with Gasteiger partial charge in [0.25, 0.3) is 0 Å². The van der Waals surface area contributed by atoms with Crippen LogP contribution in [0.5, 0.6) is 0 Å². The molecule has 0 radical (unpaired) electrons. The molecule has 6 nitrogen and oxygen atoms in total. The molecule has 0 spiro atoms. The Balaban J connectivity index is 1.47. The van der Waals surface area contributed by atoms with Crippen molar-refractivity contribution in [3.05, 3.63) is 41.3 Å². The quantitative estimate of drug-likeness (QED) is 0.533. The van der Waals surface area contributed by atoms with Crippen LogP contribution in [-0.4, -0.2) is 34.9 Å². The predicted molar refractivity (Wildman–Crippen MR) is 119 cm³/mol. The number of aliphatic carboxylic acids is 1. The molecular formula is C25H35NO5. The molecule has 6 heteroatoms. The maximum Gasteiger partial charge on any atom is 0.335 e. The van der Waals surface area contributed by atoms with Gasteiger partial charge in [-0.05, 0) is 70.4 Å². The smallest absolute Gasteiger partial charge is 0.335 e. The molecule has 3 rings (SSSR count). The number of ether oxygens (including phenoxy) is 2. The van der Waals surface area contributed by atoms with E-state index in [2.05, 4.69) is 11.9 Å². The standard InChI is InChI=1S/C25H35NO5/c1-5-25(4,24(27)28)30-15-20-8-6-7-19(13-20)14-29-16-22-18(3)31-23(26-22)21-11-9-17(2)10-12-21/h9-12,19-20H,5-8,13-16H2,1-4H3,(H,27,28)/t19-,20+,25?/m0/s1. The average molecular weight is 430 g/mol. The predicted octanol–water partition coefficient (Wildman–Crippen LogP) is 5.55. The minimum absolute atomic E-state index is 0.384. The Kier molecular flexibility index (Phi) is 7.89. The first-order valence-corrected chi connectivity index (χ1v) is 11.3. The van der Waals surface area contributed by atoms with Gasteiger partial charge in [-0.1, -0.05) is 31.0 Å². The summed E-state index contributed by atoms with van der Waals surface area (Å²) in [4.78, 5) is 16.1. The number of carboxylic acids is 1. The van der Waals surface area contributed by atoms with E-state index in [0.29, 0.717) is 44.0 Å². The van der Waals surface area contributed by atoms with Gasteiger partial charge in [0, 0.05) is 12.2 Å². The summed E-state index contributed by atoms with van der Waals surface area (Å²) in [5, 5.41) is 9.39. The Labute approximate surface area is 185 Å². The Hall–Kier alpha value is -2.18. The largest absolute Gasteiger partial charge is 0.479 e. The molecule has 1 fully saturated rings. The molecule has 0 aliphatic heterocycles. The minimum atomic E-state index is -1.09. The highest BCUT2D eigenvalue weighted by molar-refractivity contribution is 5.76. The molecule has 170 valence electrons. The second-order valence-corrected chi connectivity index (χ2v) is 9.00. The number of aryl methyl sites for hydroxylation is 2. The number of carboxylic acid groups (broad SMARTS) is 1. The summed E-state index contributed by atoms with van der Waals surface area (Å²) in [5.74, 6) is 1.37. The van der Waals surface area contributed by atoms with E-state index in [1.807, 2.05) is 38.1 Å². The van der Waals surface area contributed by atoms with Crippen molar-refractivity contribution in [3.63, 3.8) is 0 Å². The summed E-state index contributed by atoms with van der Waals surface area (Å²) >= 11 is 0. The monoisotopic (exact) mass is 429 g/mol. The highest BCUT2D eigenvalue weighted by Gasteiger charge is 2.33. The van der Waals surface area contributed by atoms with E-state index in [9.17, 15) is 9.90 Å². The number of benzene rings is 1. The highest BCUT2D eigenvalue weighted by Crippen LogP contribution is 2.31. The van der Waals surface area contributed by atoms with Crippen LogP contribution < -0.4 is 0 Å². The van der Waals surface area contributed by atoms with Crippen molar-refractivity contribution in [3.8, 4) is 11.5 Å². The number of aromatic nitrogens is 1. The van der Waals surface area contributed by atoms with Crippen molar-refractivity contribution >= 4 is 5.97 Å². The zero-order valence-electron chi connectivity index (χ0n) is 19.1. The van der Waals surface area contributed by atoms with Crippen molar-refractivity contribution in [1.29, 1.82) is 0 Å². The number of carbonyl (C=O) groups is 1. The van der Waals surface area contributed by atoms with Crippen molar-refractivity contribution in [1.82, 2.24) is 4.98 Å². The fraction of sp³-hybridized carbons (Fsp3) is 0.600. The molecule has 1 aromatic carbocycles. The molecule has 0 bridgehead atoms. The molecular weight excluding hydrogens is 394 g/mol. The van der Waals surface area contributed by atoms with Crippen LogP contribution in [0.3, 0.4) is 0 Å². The summed E-state index contributed by atoms with van der Waals surface area (Å²) in [6.07, 6.45) is 4.80. The molecule has 1 aromatic heterocycles. The van der Waals surface area contributed by atoms with Gasteiger partial charge in [0.2, 0.25) is 5.89 Å². The molecule has 1 N–H and O–H groups in total. The van der Waals surface area contributed by atoms with Crippen LogP contribution in [0.15, 0.2) is 28.7 Å². The Morgan fingerprint density at radius 3 is 2.52 bits per heavy atom. The van der Waals surface area contributed by atoms with Gasteiger partial charge >= 0.3 is 5.97 Å². The van der Waals surface area contributed by atoms with E-state index >= 15 is 0 Å². The summed E-state index contributed by atoms with van der Waals surface area (Å²) < 4.78 is 17.6. The molecule has 0 amide bonds. The van der Waals surface area contributed by atoms with Gasteiger partial charge in [-0.25, -0.2) is 9.78 Å². The molecule has 3 atom stereocenters. The van der Waals surface area contributed by atoms with Gasteiger partial charge in [0.05, 0.1) is 13.2 Å². The van der Waals surface area contributed by atoms with E-state index in [-0.39, 0.29) is 0 Å². The third-order valence-electron chi connectivity index (χ3n) is 6.44. The van der Waals surface area contributed by atoms with Gasteiger partial charge < -0.3 is 19.0 Å². The molecule has 2 aromatic rings. The van der Waals surface area contributed by atoms with E-state index in [4.69, 9.17) is 13.9 Å². The van der Waals surface area contributed by atoms with Gasteiger partial charge in [-0.2, -0.15) is 0 Å². The van der Waals surface area contributed by atoms with Crippen molar-refractivity contribution < 1.29 is 23.8 Å². The highest BCUT2D eigenvalue weighted by atomic mass is 16.5. The SMILES string of the molecule is CCC(C)(OC[C@@H]1CCC[C@H](COCc2nc(-c3ccc(C)cc3)oc2C)C1)C(=O)O. The van der Waals surface area contributed by atoms with Crippen LogP contribution >= 0.6 is 0 Å². The maximum absolute atomic E-state index is 11.4. The normalized spacial score (nSPS) is 21.0. The molecule has 1 unspecified atom stereocenters. The summed E-state index contributed by atoms with van der Waals surface area (Å²) in [7, 11) is 0. The number of nitrogens with zero attached hydrogens (tertiary/aromatic N) is 1. The van der Waals surface area contributed by atoms with Crippen LogP contribution in [0.2, 0.25) is 0 Å². The van der Waals surface area contributed by atoms with E-state index in [0.717, 1.165) is 42.7 Å². The number of oxazole rings is 1. The van der Waals surface area contributed by atoms with Crippen LogP contribution in [-0.2, 0) is 20.9 Å². The Morgan fingerprint density at radius 2 is 1.87 bits per heavy atom. The Bertz CT molecular complexity index is 859. The molecule has 0 saturated heterocycles. The first-order chi connectivity index (χ1) is 14.8. The second-order valence-electron chi connectivity index (χ2n) is 9.00. The molecule has 1 heterocycles. The number of hydrogen-bond acceptors (Lipinski definition) is 5. The maximum atomic E-state index is 11.4. The zero-order chi connectivity index (χ0) is 22.4. The molecule has 31 heavy (non-hydrogen) atoms. The fourth-order valence-electron chi connectivity index (χ4n) is 4.03. The van der Waals surface area contributed by atoms with Crippen LogP contribution in [0.4, 0.5) is 0 Å². The van der Waals surface area contributed by atoms with E-state index in [1.54, 1.807) is 6.92 Å². The van der Waals surface area contributed by atoms with Crippen molar-refractivity contribution in [2.45, 2.75) is 72.0 Å². The lowest BCUT2D eigenvalue weighted by atomic mass is 9.82. The number of hydrogen-bond donors (Lipinski definition) is 1. The average Bonchev–Trinajstić information content (AvgIpc) is 3.13. The van der Waals surface area contributed by atoms with Gasteiger partial charge in [0.15, 0.2) is 5.60 Å². The summed E-state index contributed by atoms with van der Waals surface area (Å²) in [6, 6.07) is 8.13. The van der Waals surface area contributed by atoms with Gasteiger partial charge in [-0.15, -0.1) is 0 Å². The second kappa shape index (κ2) is 10.4. The van der Waals surface area contributed by atoms with E-state index < -0.39 is 11.6 Å². The fourth-order valence-corrected chi connectivity index (χ4v) is 4.03. The molecule has 1 aliphatic rings. The summed E-state index contributed by atoms with van der Waals surface area (Å²) in [6.45, 7) is 9.09. The van der Waals surface area contributed by atoms with Crippen LogP contribution in [0.1, 0.15) is 63.0 Å². The molecule has 1 saturated carbocycles. The van der Waals surface area contributed by atoms with Gasteiger partial charge in [0.1, 0.15) is 11.5 Å². The molecule has 1 aliphatic carbocycles. The van der Waals surface area contributed by atoms with Crippen LogP contribution in [0.25, 0.3) is 11.5 Å². The van der Waals surface area contributed by atoms with E-state index in [1.165, 1.54) is 5.56 Å². The minimum Gasteiger partial charge on any atom is -0.479 e. The third kappa shape index (κ3) is 6.17. The first kappa shape index (κ1) is 23.5. The van der Waals surface area contributed by atoms with Crippen LogP contribution in [0, 0.1) is 25.7 Å². The first-order valence-electron chi connectivity index (χ1n) is 11.3. The lowest BCUT2D eigenvalue weighted by Crippen LogP contribution is -2.39.